The molecule has 2 amide bonds. The van der Waals surface area contributed by atoms with E-state index in [1.165, 1.54) is 19.3 Å². The van der Waals surface area contributed by atoms with Gasteiger partial charge in [-0.05, 0) is 75.3 Å². The van der Waals surface area contributed by atoms with E-state index >= 15 is 0 Å². The lowest BCUT2D eigenvalue weighted by atomic mass is 9.49. The zero-order chi connectivity index (χ0) is 21.8. The highest BCUT2D eigenvalue weighted by molar-refractivity contribution is 5.94. The Morgan fingerprint density at radius 1 is 1.00 bits per heavy atom. The molecule has 4 aliphatic carbocycles. The molecule has 1 saturated heterocycles. The third-order valence-electron chi connectivity index (χ3n) is 8.21. The first-order valence-corrected chi connectivity index (χ1v) is 11.6. The molecule has 1 aromatic rings. The van der Waals surface area contributed by atoms with Gasteiger partial charge in [0.25, 0.3) is 0 Å². The van der Waals surface area contributed by atoms with Crippen LogP contribution in [0.5, 0.6) is 0 Å². The summed E-state index contributed by atoms with van der Waals surface area (Å²) >= 11 is 0. The van der Waals surface area contributed by atoms with Crippen LogP contribution in [0.2, 0.25) is 0 Å². The lowest BCUT2D eigenvalue weighted by Crippen LogP contribution is -2.59. The van der Waals surface area contributed by atoms with Crippen LogP contribution in [-0.4, -0.2) is 53.8 Å². The monoisotopic (exact) mass is 431 g/mol. The minimum absolute atomic E-state index is 0.130. The van der Waals surface area contributed by atoms with Crippen LogP contribution in [0.1, 0.15) is 45.4 Å². The molecule has 0 radical (unpaired) electrons. The van der Waals surface area contributed by atoms with Crippen molar-refractivity contribution < 1.29 is 18.4 Å². The SMILES string of the molecule is CC(C(=O)Nc1cc(F)ccc1F)N1CCN(C(=O)C23CC4CC(CC(C4)C2)C3)CC1. The number of carbonyl (C=O) groups is 2. The zero-order valence-electron chi connectivity index (χ0n) is 18.1. The van der Waals surface area contributed by atoms with Gasteiger partial charge in [0.1, 0.15) is 11.6 Å². The van der Waals surface area contributed by atoms with Crippen LogP contribution < -0.4 is 5.32 Å². The summed E-state index contributed by atoms with van der Waals surface area (Å²) in [6.45, 7) is 4.22. The number of anilines is 1. The number of nitrogens with one attached hydrogen (secondary N) is 1. The van der Waals surface area contributed by atoms with Gasteiger partial charge in [-0.1, -0.05) is 0 Å². The van der Waals surface area contributed by atoms with Crippen molar-refractivity contribution in [3.05, 3.63) is 29.8 Å². The molecule has 5 aliphatic rings. The summed E-state index contributed by atoms with van der Waals surface area (Å²) in [4.78, 5) is 30.1. The number of amides is 2. The van der Waals surface area contributed by atoms with Crippen molar-refractivity contribution in [3.8, 4) is 0 Å². The van der Waals surface area contributed by atoms with Crippen molar-refractivity contribution >= 4 is 17.5 Å². The summed E-state index contributed by atoms with van der Waals surface area (Å²) in [7, 11) is 0. The molecule has 6 rings (SSSR count). The van der Waals surface area contributed by atoms with E-state index in [9.17, 15) is 18.4 Å². The molecule has 0 aromatic heterocycles. The van der Waals surface area contributed by atoms with Gasteiger partial charge in [0.05, 0.1) is 17.1 Å². The topological polar surface area (TPSA) is 52.7 Å². The largest absolute Gasteiger partial charge is 0.340 e. The molecular formula is C24H31F2N3O2. The summed E-state index contributed by atoms with van der Waals surface area (Å²) in [6.07, 6.45) is 7.15. The van der Waals surface area contributed by atoms with E-state index in [2.05, 4.69) is 5.32 Å². The second kappa shape index (κ2) is 7.84. The number of hydrogen-bond acceptors (Lipinski definition) is 3. The molecule has 1 heterocycles. The summed E-state index contributed by atoms with van der Waals surface area (Å²) in [5.74, 6) is 0.930. The Bertz CT molecular complexity index is 846. The van der Waals surface area contributed by atoms with Gasteiger partial charge in [0.15, 0.2) is 0 Å². The molecule has 1 atom stereocenters. The second-order valence-electron chi connectivity index (χ2n) is 10.3. The molecule has 31 heavy (non-hydrogen) atoms. The minimum atomic E-state index is -0.659. The Hall–Kier alpha value is -2.02. The number of benzene rings is 1. The van der Waals surface area contributed by atoms with Crippen molar-refractivity contribution in [2.45, 2.75) is 51.5 Å². The molecule has 1 aromatic carbocycles. The third kappa shape index (κ3) is 3.86. The van der Waals surface area contributed by atoms with Crippen molar-refractivity contribution in [1.29, 1.82) is 0 Å². The number of piperazine rings is 1. The Kier molecular flexibility index (Phi) is 5.27. The summed E-state index contributed by atoms with van der Waals surface area (Å²) < 4.78 is 27.2. The van der Waals surface area contributed by atoms with Gasteiger partial charge in [-0.15, -0.1) is 0 Å². The maximum atomic E-state index is 13.8. The lowest BCUT2D eigenvalue weighted by molar-refractivity contribution is -0.159. The Balaban J connectivity index is 1.18. The van der Waals surface area contributed by atoms with Crippen LogP contribution in [0.4, 0.5) is 14.5 Å². The van der Waals surface area contributed by atoms with Gasteiger partial charge in [0, 0.05) is 32.2 Å². The molecule has 168 valence electrons. The van der Waals surface area contributed by atoms with Crippen LogP contribution >= 0.6 is 0 Å². The fraction of sp³-hybridized carbons (Fsp3) is 0.667. The van der Waals surface area contributed by atoms with E-state index in [1.807, 2.05) is 9.80 Å². The Morgan fingerprint density at radius 3 is 2.16 bits per heavy atom. The van der Waals surface area contributed by atoms with Crippen LogP contribution in [0, 0.1) is 34.8 Å². The number of carbonyl (C=O) groups excluding carboxylic acids is 2. The molecule has 4 bridgehead atoms. The first-order valence-electron chi connectivity index (χ1n) is 11.6. The molecule has 7 heteroatoms. The Labute approximate surface area is 182 Å². The van der Waals surface area contributed by atoms with Gasteiger partial charge >= 0.3 is 0 Å². The molecule has 1 N–H and O–H groups in total. The zero-order valence-corrected chi connectivity index (χ0v) is 18.1. The molecule has 5 fully saturated rings. The fourth-order valence-corrected chi connectivity index (χ4v) is 7.02. The standard InChI is InChI=1S/C24H31F2N3O2/c1-15(22(30)27-21-11-19(25)2-3-20(21)26)28-4-6-29(7-5-28)23(31)24-12-16-8-17(13-24)10-18(9-16)14-24/h2-3,11,15-18H,4-10,12-14H2,1H3,(H,27,30). The predicted molar refractivity (Wildman–Crippen MR) is 113 cm³/mol. The van der Waals surface area contributed by atoms with Crippen molar-refractivity contribution in [3.63, 3.8) is 0 Å². The maximum absolute atomic E-state index is 13.8. The van der Waals surface area contributed by atoms with Crippen LogP contribution in [0.25, 0.3) is 0 Å². The van der Waals surface area contributed by atoms with Crippen molar-refractivity contribution in [2.75, 3.05) is 31.5 Å². The minimum Gasteiger partial charge on any atom is -0.340 e. The summed E-state index contributed by atoms with van der Waals surface area (Å²) in [6, 6.07) is 2.53. The molecule has 1 aliphatic heterocycles. The highest BCUT2D eigenvalue weighted by Gasteiger charge is 2.55. The molecular weight excluding hydrogens is 400 g/mol. The van der Waals surface area contributed by atoms with Gasteiger partial charge < -0.3 is 10.2 Å². The summed E-state index contributed by atoms with van der Waals surface area (Å²) in [5.41, 5.74) is -0.276. The average molecular weight is 432 g/mol. The summed E-state index contributed by atoms with van der Waals surface area (Å²) in [5, 5.41) is 2.49. The highest BCUT2D eigenvalue weighted by Crippen LogP contribution is 2.60. The second-order valence-corrected chi connectivity index (χ2v) is 10.3. The van der Waals surface area contributed by atoms with E-state index in [4.69, 9.17) is 0 Å². The first-order chi connectivity index (χ1) is 14.8. The maximum Gasteiger partial charge on any atom is 0.241 e. The van der Waals surface area contributed by atoms with Gasteiger partial charge in [-0.2, -0.15) is 0 Å². The van der Waals surface area contributed by atoms with E-state index in [0.717, 1.165) is 55.2 Å². The normalized spacial score (nSPS) is 33.4. The van der Waals surface area contributed by atoms with E-state index in [1.54, 1.807) is 6.92 Å². The van der Waals surface area contributed by atoms with Crippen molar-refractivity contribution in [2.24, 2.45) is 23.2 Å². The fourth-order valence-electron chi connectivity index (χ4n) is 7.02. The van der Waals surface area contributed by atoms with Crippen LogP contribution in [-0.2, 0) is 9.59 Å². The first kappa shape index (κ1) is 20.9. The Morgan fingerprint density at radius 2 is 1.58 bits per heavy atom. The number of rotatable bonds is 4. The lowest BCUT2D eigenvalue weighted by Gasteiger charge is -2.57. The average Bonchev–Trinajstić information content (AvgIpc) is 2.74. The van der Waals surface area contributed by atoms with E-state index < -0.39 is 17.7 Å². The number of nitrogens with zero attached hydrogens (tertiary/aromatic N) is 2. The van der Waals surface area contributed by atoms with Gasteiger partial charge in [-0.25, -0.2) is 8.78 Å². The molecule has 0 spiro atoms. The smallest absolute Gasteiger partial charge is 0.241 e. The highest BCUT2D eigenvalue weighted by atomic mass is 19.1. The van der Waals surface area contributed by atoms with Gasteiger partial charge in [-0.3, -0.25) is 14.5 Å². The quantitative estimate of drug-likeness (QED) is 0.792. The number of halogens is 2. The third-order valence-corrected chi connectivity index (χ3v) is 8.21. The van der Waals surface area contributed by atoms with Gasteiger partial charge in [0.2, 0.25) is 11.8 Å². The number of hydrogen-bond donors (Lipinski definition) is 1. The van der Waals surface area contributed by atoms with E-state index in [0.29, 0.717) is 32.1 Å². The molecule has 4 saturated carbocycles. The van der Waals surface area contributed by atoms with Crippen molar-refractivity contribution in [1.82, 2.24) is 9.80 Å². The molecule has 5 nitrogen and oxygen atoms in total. The van der Waals surface area contributed by atoms with Crippen LogP contribution in [0.15, 0.2) is 18.2 Å². The van der Waals surface area contributed by atoms with Crippen LogP contribution in [0.3, 0.4) is 0 Å². The predicted octanol–water partition coefficient (Wildman–Crippen LogP) is 3.65. The molecule has 1 unspecified atom stereocenters. The van der Waals surface area contributed by atoms with E-state index in [-0.39, 0.29) is 17.0 Å².